The van der Waals surface area contributed by atoms with Gasteiger partial charge in [-0.05, 0) is 37.5 Å². The third-order valence-corrected chi connectivity index (χ3v) is 4.57. The maximum absolute atomic E-state index is 11.7. The van der Waals surface area contributed by atoms with Crippen molar-refractivity contribution in [2.24, 2.45) is 0 Å². The normalized spacial score (nSPS) is 11.0. The molecule has 0 bridgehead atoms. The number of aliphatic carboxylic acids is 1. The van der Waals surface area contributed by atoms with Gasteiger partial charge in [0.25, 0.3) is 0 Å². The largest absolute Gasteiger partial charge is 0.481 e. The molecule has 0 atom stereocenters. The highest BCUT2D eigenvalue weighted by atomic mass is 16.4. The molecule has 0 unspecified atom stereocenters. The molecule has 0 fully saturated rings. The van der Waals surface area contributed by atoms with E-state index in [0.717, 1.165) is 37.8 Å². The van der Waals surface area contributed by atoms with Crippen LogP contribution < -0.4 is 5.32 Å². The number of allylic oxidation sites excluding steroid dienone is 1. The molecule has 4 nitrogen and oxygen atoms in total. The highest BCUT2D eigenvalue weighted by Crippen LogP contribution is 2.12. The predicted octanol–water partition coefficient (Wildman–Crippen LogP) is 6.34. The molecule has 1 rings (SSSR count). The Bertz CT molecular complexity index is 540. The Kier molecular flexibility index (Phi) is 13.7. The van der Waals surface area contributed by atoms with E-state index in [2.05, 4.69) is 5.32 Å². The van der Waals surface area contributed by atoms with Gasteiger partial charge in [-0.2, -0.15) is 0 Å². The first-order chi connectivity index (χ1) is 13.2. The SMILES string of the molecule is O=C(O)CCCCCCCCCCCCCC=CC(=O)Nc1ccccc1. The zero-order valence-corrected chi connectivity index (χ0v) is 16.5. The number of hydrogen-bond donors (Lipinski definition) is 2. The topological polar surface area (TPSA) is 66.4 Å². The van der Waals surface area contributed by atoms with Crippen LogP contribution in [0.25, 0.3) is 0 Å². The number of carbonyl (C=O) groups is 2. The molecule has 0 radical (unpaired) electrons. The number of benzene rings is 1. The van der Waals surface area contributed by atoms with Crippen molar-refractivity contribution in [1.82, 2.24) is 0 Å². The molecular formula is C23H35NO3. The Labute approximate surface area is 164 Å². The summed E-state index contributed by atoms with van der Waals surface area (Å²) in [6.45, 7) is 0. The van der Waals surface area contributed by atoms with Crippen LogP contribution in [0, 0.1) is 0 Å². The van der Waals surface area contributed by atoms with E-state index in [9.17, 15) is 9.59 Å². The van der Waals surface area contributed by atoms with Gasteiger partial charge in [0.2, 0.25) is 5.91 Å². The van der Waals surface area contributed by atoms with Gasteiger partial charge in [0.05, 0.1) is 0 Å². The van der Waals surface area contributed by atoms with Crippen LogP contribution in [0.1, 0.15) is 83.5 Å². The van der Waals surface area contributed by atoms with Gasteiger partial charge in [-0.25, -0.2) is 0 Å². The van der Waals surface area contributed by atoms with E-state index in [-0.39, 0.29) is 5.91 Å². The predicted molar refractivity (Wildman–Crippen MR) is 112 cm³/mol. The fourth-order valence-corrected chi connectivity index (χ4v) is 3.03. The van der Waals surface area contributed by atoms with Gasteiger partial charge < -0.3 is 10.4 Å². The lowest BCUT2D eigenvalue weighted by Crippen LogP contribution is -2.07. The molecular weight excluding hydrogens is 338 g/mol. The van der Waals surface area contributed by atoms with E-state index >= 15 is 0 Å². The Balaban J connectivity index is 1.83. The van der Waals surface area contributed by atoms with E-state index in [1.54, 1.807) is 6.08 Å². The number of para-hydroxylation sites is 1. The van der Waals surface area contributed by atoms with Gasteiger partial charge in [-0.3, -0.25) is 9.59 Å². The summed E-state index contributed by atoms with van der Waals surface area (Å²) in [5.74, 6) is -0.745. The van der Waals surface area contributed by atoms with Crippen LogP contribution in [0.4, 0.5) is 5.69 Å². The lowest BCUT2D eigenvalue weighted by Gasteiger charge is -2.02. The van der Waals surface area contributed by atoms with Crippen molar-refractivity contribution in [1.29, 1.82) is 0 Å². The maximum atomic E-state index is 11.7. The standard InChI is InChI=1S/C23H35NO3/c25-22(24-21-17-13-12-14-18-21)19-15-10-8-6-4-2-1-3-5-7-9-11-16-20-23(26)27/h12-15,17-19H,1-11,16,20H2,(H,24,25)(H,26,27). The average Bonchev–Trinajstić information content (AvgIpc) is 2.65. The fraction of sp³-hybridized carbons (Fsp3) is 0.565. The van der Waals surface area contributed by atoms with Crippen molar-refractivity contribution < 1.29 is 14.7 Å². The van der Waals surface area contributed by atoms with Crippen molar-refractivity contribution in [3.8, 4) is 0 Å². The Morgan fingerprint density at radius 3 is 1.85 bits per heavy atom. The smallest absolute Gasteiger partial charge is 0.303 e. The summed E-state index contributed by atoms with van der Waals surface area (Å²) in [7, 11) is 0. The van der Waals surface area contributed by atoms with Gasteiger partial charge in [-0.15, -0.1) is 0 Å². The molecule has 0 spiro atoms. The van der Waals surface area contributed by atoms with Gasteiger partial charge >= 0.3 is 5.97 Å². The molecule has 0 heterocycles. The number of unbranched alkanes of at least 4 members (excludes halogenated alkanes) is 11. The summed E-state index contributed by atoms with van der Waals surface area (Å²) in [6, 6.07) is 9.50. The molecule has 2 N–H and O–H groups in total. The number of carbonyl (C=O) groups excluding carboxylic acids is 1. The van der Waals surface area contributed by atoms with Crippen LogP contribution in [0.5, 0.6) is 0 Å². The molecule has 0 aromatic heterocycles. The molecule has 150 valence electrons. The van der Waals surface area contributed by atoms with Gasteiger partial charge in [0.15, 0.2) is 0 Å². The van der Waals surface area contributed by atoms with Crippen LogP contribution in [-0.4, -0.2) is 17.0 Å². The van der Waals surface area contributed by atoms with Crippen molar-refractivity contribution in [2.45, 2.75) is 83.5 Å². The number of nitrogens with one attached hydrogen (secondary N) is 1. The first-order valence-corrected chi connectivity index (χ1v) is 10.4. The zero-order valence-electron chi connectivity index (χ0n) is 16.5. The summed E-state index contributed by atoms with van der Waals surface area (Å²) >= 11 is 0. The maximum Gasteiger partial charge on any atom is 0.303 e. The first kappa shape index (κ1) is 22.9. The van der Waals surface area contributed by atoms with Crippen molar-refractivity contribution in [3.63, 3.8) is 0 Å². The highest BCUT2D eigenvalue weighted by Gasteiger charge is 1.97. The number of anilines is 1. The molecule has 4 heteroatoms. The van der Waals surface area contributed by atoms with Crippen LogP contribution in [0.15, 0.2) is 42.5 Å². The number of hydrogen-bond acceptors (Lipinski definition) is 2. The monoisotopic (exact) mass is 373 g/mol. The summed E-state index contributed by atoms with van der Waals surface area (Å²) < 4.78 is 0. The molecule has 1 aromatic carbocycles. The van der Waals surface area contributed by atoms with E-state index in [0.29, 0.717) is 6.42 Å². The average molecular weight is 374 g/mol. The van der Waals surface area contributed by atoms with Crippen LogP contribution in [0.2, 0.25) is 0 Å². The van der Waals surface area contributed by atoms with E-state index in [4.69, 9.17) is 5.11 Å². The number of carboxylic acid groups (broad SMARTS) is 1. The molecule has 0 saturated carbocycles. The van der Waals surface area contributed by atoms with Gasteiger partial charge in [0.1, 0.15) is 0 Å². The number of amides is 1. The number of rotatable bonds is 16. The summed E-state index contributed by atoms with van der Waals surface area (Å²) in [4.78, 5) is 22.1. The van der Waals surface area contributed by atoms with E-state index in [1.807, 2.05) is 36.4 Å². The lowest BCUT2D eigenvalue weighted by molar-refractivity contribution is -0.137. The Hall–Kier alpha value is -2.10. The van der Waals surface area contributed by atoms with Crippen molar-refractivity contribution in [3.05, 3.63) is 42.5 Å². The van der Waals surface area contributed by atoms with Gasteiger partial charge in [-0.1, -0.05) is 82.1 Å². The second kappa shape index (κ2) is 16.1. The zero-order chi connectivity index (χ0) is 19.6. The molecule has 1 amide bonds. The Morgan fingerprint density at radius 2 is 1.30 bits per heavy atom. The lowest BCUT2D eigenvalue weighted by atomic mass is 10.0. The van der Waals surface area contributed by atoms with Crippen molar-refractivity contribution in [2.75, 3.05) is 5.32 Å². The van der Waals surface area contributed by atoms with Crippen molar-refractivity contribution >= 4 is 17.6 Å². The molecule has 27 heavy (non-hydrogen) atoms. The van der Waals surface area contributed by atoms with Gasteiger partial charge in [0, 0.05) is 12.1 Å². The number of carboxylic acids is 1. The Morgan fingerprint density at radius 1 is 0.778 bits per heavy atom. The molecule has 0 aliphatic heterocycles. The third kappa shape index (κ3) is 14.7. The van der Waals surface area contributed by atoms with Crippen LogP contribution in [0.3, 0.4) is 0 Å². The second-order valence-electron chi connectivity index (χ2n) is 7.08. The first-order valence-electron chi connectivity index (χ1n) is 10.4. The second-order valence-corrected chi connectivity index (χ2v) is 7.08. The van der Waals surface area contributed by atoms with E-state index < -0.39 is 5.97 Å². The minimum absolute atomic E-state index is 0.0656. The van der Waals surface area contributed by atoms with Crippen LogP contribution >= 0.6 is 0 Å². The minimum Gasteiger partial charge on any atom is -0.481 e. The minimum atomic E-state index is -0.680. The summed E-state index contributed by atoms with van der Waals surface area (Å²) in [5.41, 5.74) is 0.826. The summed E-state index contributed by atoms with van der Waals surface area (Å²) in [5, 5.41) is 11.4. The molecule has 0 aliphatic rings. The molecule has 0 aliphatic carbocycles. The fourth-order valence-electron chi connectivity index (χ4n) is 3.03. The molecule has 1 aromatic rings. The molecule has 0 saturated heterocycles. The highest BCUT2D eigenvalue weighted by molar-refractivity contribution is 5.99. The summed E-state index contributed by atoms with van der Waals surface area (Å²) in [6.07, 6.45) is 17.9. The quantitative estimate of drug-likeness (QED) is 0.262. The van der Waals surface area contributed by atoms with Crippen LogP contribution in [-0.2, 0) is 9.59 Å². The van der Waals surface area contributed by atoms with E-state index in [1.165, 1.54) is 44.9 Å². The third-order valence-electron chi connectivity index (χ3n) is 4.57.